The van der Waals surface area contributed by atoms with Gasteiger partial charge >= 0.3 is 0 Å². The number of rotatable bonds is 4. The predicted molar refractivity (Wildman–Crippen MR) is 86.9 cm³/mol. The molecular formula is C16H21N5O. The summed E-state index contributed by atoms with van der Waals surface area (Å²) in [6, 6.07) is 8.07. The molecule has 2 aromatic rings. The highest BCUT2D eigenvalue weighted by molar-refractivity contribution is 5.89. The highest BCUT2D eigenvalue weighted by Gasteiger charge is 2.21. The second kappa shape index (κ2) is 6.70. The van der Waals surface area contributed by atoms with Crippen LogP contribution in [0.3, 0.4) is 0 Å². The summed E-state index contributed by atoms with van der Waals surface area (Å²) < 4.78 is 0. The van der Waals surface area contributed by atoms with E-state index in [4.69, 9.17) is 0 Å². The van der Waals surface area contributed by atoms with E-state index in [0.29, 0.717) is 13.1 Å². The van der Waals surface area contributed by atoms with Crippen LogP contribution in [0.4, 0.5) is 5.82 Å². The molecule has 2 heterocycles. The van der Waals surface area contributed by atoms with Gasteiger partial charge in [-0.1, -0.05) is 12.1 Å². The summed E-state index contributed by atoms with van der Waals surface area (Å²) in [5, 5.41) is 3.93. The molecule has 6 nitrogen and oxygen atoms in total. The first kappa shape index (κ1) is 14.7. The molecule has 1 fully saturated rings. The van der Waals surface area contributed by atoms with Crippen molar-refractivity contribution >= 4 is 22.6 Å². The number of fused-ring (bicyclic) bond motifs is 1. The number of carbonyl (C=O) groups excluding carboxylic acids is 1. The van der Waals surface area contributed by atoms with Gasteiger partial charge in [0.1, 0.15) is 12.1 Å². The van der Waals surface area contributed by atoms with E-state index in [9.17, 15) is 4.79 Å². The van der Waals surface area contributed by atoms with Gasteiger partial charge in [-0.25, -0.2) is 9.97 Å². The van der Waals surface area contributed by atoms with Crippen LogP contribution in [-0.2, 0) is 4.79 Å². The van der Waals surface area contributed by atoms with Crippen LogP contribution in [0.5, 0.6) is 0 Å². The Kier molecular flexibility index (Phi) is 4.48. The number of aromatic nitrogens is 2. The molecular weight excluding hydrogens is 278 g/mol. The summed E-state index contributed by atoms with van der Waals surface area (Å²) >= 11 is 0. The fourth-order valence-electron chi connectivity index (χ4n) is 2.82. The number of nitrogens with zero attached hydrogens (tertiary/aromatic N) is 4. The molecule has 0 bridgehead atoms. The van der Waals surface area contributed by atoms with E-state index >= 15 is 0 Å². The zero-order valence-corrected chi connectivity index (χ0v) is 12.8. The summed E-state index contributed by atoms with van der Waals surface area (Å²) in [7, 11) is 0. The number of hydrogen-bond donors (Lipinski definition) is 1. The molecule has 6 heteroatoms. The minimum absolute atomic E-state index is 0.100. The molecule has 0 saturated carbocycles. The molecule has 1 aromatic carbocycles. The van der Waals surface area contributed by atoms with Crippen molar-refractivity contribution < 1.29 is 4.79 Å². The van der Waals surface area contributed by atoms with Crippen molar-refractivity contribution in [3.05, 3.63) is 30.6 Å². The van der Waals surface area contributed by atoms with Crippen LogP contribution >= 0.6 is 0 Å². The fourth-order valence-corrected chi connectivity index (χ4v) is 2.82. The smallest absolute Gasteiger partial charge is 0.234 e. The molecule has 1 aromatic heterocycles. The maximum atomic E-state index is 11.7. The molecule has 0 unspecified atom stereocenters. The summed E-state index contributed by atoms with van der Waals surface area (Å²) in [6.45, 7) is 6.60. The minimum atomic E-state index is 0.100. The second-order valence-electron chi connectivity index (χ2n) is 5.43. The number of hydrogen-bond acceptors (Lipinski definition) is 5. The first-order chi connectivity index (χ1) is 10.8. The Morgan fingerprint density at radius 2 is 1.95 bits per heavy atom. The van der Waals surface area contributed by atoms with Crippen LogP contribution in [0, 0.1) is 0 Å². The zero-order valence-electron chi connectivity index (χ0n) is 12.8. The molecule has 0 atom stereocenters. The van der Waals surface area contributed by atoms with Gasteiger partial charge < -0.3 is 10.2 Å². The molecule has 0 aliphatic carbocycles. The second-order valence-corrected chi connectivity index (χ2v) is 5.43. The van der Waals surface area contributed by atoms with Crippen molar-refractivity contribution in [3.8, 4) is 0 Å². The molecule has 1 saturated heterocycles. The average molecular weight is 299 g/mol. The minimum Gasteiger partial charge on any atom is -0.355 e. The molecule has 0 spiro atoms. The third kappa shape index (κ3) is 3.17. The van der Waals surface area contributed by atoms with Crippen LogP contribution in [0.15, 0.2) is 30.6 Å². The van der Waals surface area contributed by atoms with Crippen molar-refractivity contribution in [1.82, 2.24) is 20.2 Å². The van der Waals surface area contributed by atoms with Gasteiger partial charge in [0.2, 0.25) is 5.91 Å². The Bertz CT molecular complexity index is 647. The highest BCUT2D eigenvalue weighted by Crippen LogP contribution is 2.23. The lowest BCUT2D eigenvalue weighted by atomic mass is 10.2. The highest BCUT2D eigenvalue weighted by atomic mass is 16.2. The number of amides is 1. The predicted octanol–water partition coefficient (Wildman–Crippen LogP) is 0.888. The Morgan fingerprint density at radius 1 is 1.18 bits per heavy atom. The van der Waals surface area contributed by atoms with Crippen LogP contribution in [0.2, 0.25) is 0 Å². The number of benzene rings is 1. The van der Waals surface area contributed by atoms with Gasteiger partial charge in [-0.05, 0) is 19.1 Å². The van der Waals surface area contributed by atoms with E-state index in [1.807, 2.05) is 25.1 Å². The normalized spacial score (nSPS) is 16.0. The lowest BCUT2D eigenvalue weighted by Gasteiger charge is -2.35. The molecule has 1 aliphatic heterocycles. The topological polar surface area (TPSA) is 61.4 Å². The molecule has 1 amide bonds. The number of anilines is 1. The summed E-state index contributed by atoms with van der Waals surface area (Å²) in [6.07, 6.45) is 1.62. The van der Waals surface area contributed by atoms with E-state index in [-0.39, 0.29) is 5.91 Å². The number of likely N-dealkylation sites (N-methyl/N-ethyl adjacent to an activating group) is 1. The Morgan fingerprint density at radius 3 is 2.73 bits per heavy atom. The van der Waals surface area contributed by atoms with Crippen molar-refractivity contribution in [3.63, 3.8) is 0 Å². The molecule has 0 radical (unpaired) electrons. The van der Waals surface area contributed by atoms with Crippen LogP contribution in [0.25, 0.3) is 10.9 Å². The maximum Gasteiger partial charge on any atom is 0.234 e. The molecule has 116 valence electrons. The zero-order chi connectivity index (χ0) is 15.4. The van der Waals surface area contributed by atoms with Gasteiger partial charge in [0, 0.05) is 38.1 Å². The third-order valence-electron chi connectivity index (χ3n) is 3.93. The SMILES string of the molecule is CCNC(=O)CN1CCN(c2ncnc3ccccc23)CC1. The Balaban J connectivity index is 1.67. The number of nitrogens with one attached hydrogen (secondary N) is 1. The van der Waals surface area contributed by atoms with Crippen LogP contribution in [0.1, 0.15) is 6.92 Å². The van der Waals surface area contributed by atoms with E-state index in [1.165, 1.54) is 0 Å². The number of para-hydroxylation sites is 1. The van der Waals surface area contributed by atoms with Crippen LogP contribution in [-0.4, -0.2) is 60.0 Å². The molecule has 1 N–H and O–H groups in total. The number of carbonyl (C=O) groups is 1. The van der Waals surface area contributed by atoms with E-state index in [1.54, 1.807) is 6.33 Å². The lowest BCUT2D eigenvalue weighted by Crippen LogP contribution is -2.49. The Hall–Kier alpha value is -2.21. The van der Waals surface area contributed by atoms with Gasteiger partial charge in [0.15, 0.2) is 0 Å². The van der Waals surface area contributed by atoms with Gasteiger partial charge in [-0.15, -0.1) is 0 Å². The summed E-state index contributed by atoms with van der Waals surface area (Å²) in [5.74, 6) is 1.09. The molecule has 1 aliphatic rings. The summed E-state index contributed by atoms with van der Waals surface area (Å²) in [4.78, 5) is 24.9. The largest absolute Gasteiger partial charge is 0.355 e. The third-order valence-corrected chi connectivity index (χ3v) is 3.93. The Labute approximate surface area is 130 Å². The standard InChI is InChI=1S/C16H21N5O/c1-2-17-15(22)11-20-7-9-21(10-8-20)16-13-5-3-4-6-14(13)18-12-19-16/h3-6,12H,2,7-11H2,1H3,(H,17,22). The molecule has 22 heavy (non-hydrogen) atoms. The first-order valence-corrected chi connectivity index (χ1v) is 7.71. The van der Waals surface area contributed by atoms with E-state index in [2.05, 4.69) is 31.2 Å². The van der Waals surface area contributed by atoms with Gasteiger partial charge in [0.25, 0.3) is 0 Å². The van der Waals surface area contributed by atoms with Gasteiger partial charge in [0.05, 0.1) is 12.1 Å². The van der Waals surface area contributed by atoms with Crippen molar-refractivity contribution in [2.24, 2.45) is 0 Å². The first-order valence-electron chi connectivity index (χ1n) is 7.71. The van der Waals surface area contributed by atoms with Crippen molar-refractivity contribution in [2.75, 3.05) is 44.2 Å². The lowest BCUT2D eigenvalue weighted by molar-refractivity contribution is -0.122. The average Bonchev–Trinajstić information content (AvgIpc) is 2.55. The van der Waals surface area contributed by atoms with Gasteiger partial charge in [-0.3, -0.25) is 9.69 Å². The molecule has 3 rings (SSSR count). The monoisotopic (exact) mass is 299 g/mol. The maximum absolute atomic E-state index is 11.7. The van der Waals surface area contributed by atoms with E-state index < -0.39 is 0 Å². The van der Waals surface area contributed by atoms with Crippen molar-refractivity contribution in [2.45, 2.75) is 6.92 Å². The quantitative estimate of drug-likeness (QED) is 0.908. The van der Waals surface area contributed by atoms with Crippen LogP contribution < -0.4 is 10.2 Å². The summed E-state index contributed by atoms with van der Waals surface area (Å²) in [5.41, 5.74) is 0.970. The fraction of sp³-hybridized carbons (Fsp3) is 0.438. The van der Waals surface area contributed by atoms with Crippen molar-refractivity contribution in [1.29, 1.82) is 0 Å². The number of piperazine rings is 1. The van der Waals surface area contributed by atoms with E-state index in [0.717, 1.165) is 42.9 Å². The van der Waals surface area contributed by atoms with Gasteiger partial charge in [-0.2, -0.15) is 0 Å².